The third-order valence-electron chi connectivity index (χ3n) is 2.94. The highest BCUT2D eigenvalue weighted by molar-refractivity contribution is 8.00. The number of rotatable bonds is 3. The lowest BCUT2D eigenvalue weighted by molar-refractivity contribution is -0.201. The molecule has 0 radical (unpaired) electrons. The van der Waals surface area contributed by atoms with Crippen molar-refractivity contribution in [3.05, 3.63) is 0 Å². The zero-order chi connectivity index (χ0) is 14.5. The van der Waals surface area contributed by atoms with Gasteiger partial charge in [-0.05, 0) is 6.42 Å². The van der Waals surface area contributed by atoms with Gasteiger partial charge in [-0.1, -0.05) is 6.92 Å². The van der Waals surface area contributed by atoms with Crippen LogP contribution >= 0.6 is 11.8 Å². The summed E-state index contributed by atoms with van der Waals surface area (Å²) in [6, 6.07) is 0. The fraction of sp³-hybridized carbons (Fsp3) is 0.909. The first-order valence-electron chi connectivity index (χ1n) is 6.20. The molecule has 0 aromatic rings. The average Bonchev–Trinajstić information content (AvgIpc) is 2.38. The summed E-state index contributed by atoms with van der Waals surface area (Å²) >= 11 is 1.87. The fourth-order valence-electron chi connectivity index (χ4n) is 1.79. The summed E-state index contributed by atoms with van der Waals surface area (Å²) in [6.07, 6.45) is -5.95. The lowest BCUT2D eigenvalue weighted by Crippen LogP contribution is -2.51. The molecule has 0 aliphatic carbocycles. The highest BCUT2D eigenvalue weighted by Crippen LogP contribution is 2.21. The van der Waals surface area contributed by atoms with E-state index in [2.05, 4.69) is 17.2 Å². The van der Waals surface area contributed by atoms with Crippen LogP contribution in [0.4, 0.5) is 13.2 Å². The van der Waals surface area contributed by atoms with Gasteiger partial charge in [0.05, 0.1) is 6.54 Å². The Hall–Kier alpha value is -0.630. The van der Waals surface area contributed by atoms with Gasteiger partial charge in [0.1, 0.15) is 0 Å². The number of guanidine groups is 1. The maximum Gasteiger partial charge on any atom is 0.416 e. The van der Waals surface area contributed by atoms with Gasteiger partial charge in [0.25, 0.3) is 0 Å². The molecule has 1 rings (SSSR count). The van der Waals surface area contributed by atoms with Crippen molar-refractivity contribution < 1.29 is 18.3 Å². The van der Waals surface area contributed by atoms with Crippen molar-refractivity contribution in [3.8, 4) is 0 Å². The summed E-state index contributed by atoms with van der Waals surface area (Å²) in [5.41, 5.74) is 0. The van der Waals surface area contributed by atoms with Crippen molar-refractivity contribution in [1.82, 2.24) is 10.2 Å². The molecule has 1 aliphatic rings. The van der Waals surface area contributed by atoms with Crippen LogP contribution in [0, 0.1) is 0 Å². The second-order valence-electron chi connectivity index (χ2n) is 4.33. The number of hydrogen-bond acceptors (Lipinski definition) is 3. The van der Waals surface area contributed by atoms with E-state index in [9.17, 15) is 13.2 Å². The maximum absolute atomic E-state index is 12.2. The van der Waals surface area contributed by atoms with Gasteiger partial charge < -0.3 is 15.3 Å². The number of hydrogen-bond donors (Lipinski definition) is 2. The van der Waals surface area contributed by atoms with Crippen LogP contribution < -0.4 is 5.32 Å². The normalized spacial score (nSPS) is 23.4. The number of nitrogens with one attached hydrogen (secondary N) is 1. The van der Waals surface area contributed by atoms with Gasteiger partial charge in [-0.15, -0.1) is 0 Å². The molecular formula is C11H20F3N3OS. The first kappa shape index (κ1) is 16.4. The molecule has 8 heteroatoms. The monoisotopic (exact) mass is 299 g/mol. The van der Waals surface area contributed by atoms with Crippen LogP contribution in [-0.4, -0.2) is 65.9 Å². The summed E-state index contributed by atoms with van der Waals surface area (Å²) in [5, 5.41) is 12.0. The van der Waals surface area contributed by atoms with Gasteiger partial charge in [0.15, 0.2) is 12.1 Å². The Morgan fingerprint density at radius 2 is 2.26 bits per heavy atom. The molecule has 1 heterocycles. The molecular weight excluding hydrogens is 279 g/mol. The van der Waals surface area contributed by atoms with E-state index >= 15 is 0 Å². The molecule has 0 aromatic carbocycles. The van der Waals surface area contributed by atoms with Crippen molar-refractivity contribution in [1.29, 1.82) is 0 Å². The van der Waals surface area contributed by atoms with Gasteiger partial charge in [-0.2, -0.15) is 24.9 Å². The van der Waals surface area contributed by atoms with E-state index in [0.29, 0.717) is 11.2 Å². The molecule has 1 fully saturated rings. The Kier molecular flexibility index (Phi) is 6.25. The van der Waals surface area contributed by atoms with Crippen LogP contribution in [0.1, 0.15) is 13.3 Å². The van der Waals surface area contributed by atoms with E-state index in [4.69, 9.17) is 5.11 Å². The number of aliphatic hydroxyl groups is 1. The van der Waals surface area contributed by atoms with E-state index in [0.717, 1.165) is 25.3 Å². The third-order valence-corrected chi connectivity index (χ3v) is 4.31. The standard InChI is InChI=1S/C11H20F3N3OS/c1-3-8-7-17(4-5-19-8)10(15-2)16-6-9(18)11(12,13)14/h8-9,18H,3-7H2,1-2H3,(H,15,16). The highest BCUT2D eigenvalue weighted by Gasteiger charge is 2.38. The molecule has 0 saturated carbocycles. The molecule has 19 heavy (non-hydrogen) atoms. The minimum absolute atomic E-state index is 0.419. The summed E-state index contributed by atoms with van der Waals surface area (Å²) in [6.45, 7) is 3.03. The van der Waals surface area contributed by atoms with E-state index in [-0.39, 0.29) is 0 Å². The van der Waals surface area contributed by atoms with Gasteiger partial charge in [0, 0.05) is 31.1 Å². The predicted molar refractivity (Wildman–Crippen MR) is 71.5 cm³/mol. The number of aliphatic imine (C=N–C) groups is 1. The van der Waals surface area contributed by atoms with E-state index in [1.807, 2.05) is 16.7 Å². The number of aliphatic hydroxyl groups excluding tert-OH is 1. The topological polar surface area (TPSA) is 47.9 Å². The van der Waals surface area contributed by atoms with Gasteiger partial charge in [-0.3, -0.25) is 4.99 Å². The van der Waals surface area contributed by atoms with Gasteiger partial charge in [-0.25, -0.2) is 0 Å². The van der Waals surface area contributed by atoms with Crippen LogP contribution in [0.25, 0.3) is 0 Å². The largest absolute Gasteiger partial charge is 0.416 e. The van der Waals surface area contributed by atoms with E-state index in [1.165, 1.54) is 7.05 Å². The average molecular weight is 299 g/mol. The molecule has 2 atom stereocenters. The minimum atomic E-state index is -4.60. The van der Waals surface area contributed by atoms with E-state index < -0.39 is 18.8 Å². The van der Waals surface area contributed by atoms with Crippen molar-refractivity contribution >= 4 is 17.7 Å². The van der Waals surface area contributed by atoms with Crippen LogP contribution in [-0.2, 0) is 0 Å². The van der Waals surface area contributed by atoms with Crippen LogP contribution in [0.5, 0.6) is 0 Å². The Labute approximate surface area is 115 Å². The molecule has 2 unspecified atom stereocenters. The highest BCUT2D eigenvalue weighted by atomic mass is 32.2. The summed E-state index contributed by atoms with van der Waals surface area (Å²) in [5.74, 6) is 1.35. The van der Waals surface area contributed by atoms with Crippen molar-refractivity contribution in [2.24, 2.45) is 4.99 Å². The van der Waals surface area contributed by atoms with Crippen molar-refractivity contribution in [3.63, 3.8) is 0 Å². The Morgan fingerprint density at radius 1 is 1.58 bits per heavy atom. The molecule has 0 amide bonds. The summed E-state index contributed by atoms with van der Waals surface area (Å²) in [4.78, 5) is 5.92. The van der Waals surface area contributed by atoms with Crippen molar-refractivity contribution in [2.45, 2.75) is 30.9 Å². The molecule has 4 nitrogen and oxygen atoms in total. The second-order valence-corrected chi connectivity index (χ2v) is 5.74. The number of nitrogens with zero attached hydrogens (tertiary/aromatic N) is 2. The molecule has 0 aromatic heterocycles. The lowest BCUT2D eigenvalue weighted by Gasteiger charge is -2.34. The predicted octanol–water partition coefficient (Wildman–Crippen LogP) is 1.31. The molecule has 0 spiro atoms. The van der Waals surface area contributed by atoms with Crippen molar-refractivity contribution in [2.75, 3.05) is 32.4 Å². The summed E-state index contributed by atoms with van der Waals surface area (Å²) < 4.78 is 36.6. The molecule has 0 bridgehead atoms. The zero-order valence-electron chi connectivity index (χ0n) is 11.1. The smallest absolute Gasteiger partial charge is 0.382 e. The van der Waals surface area contributed by atoms with Crippen LogP contribution in [0.2, 0.25) is 0 Å². The van der Waals surface area contributed by atoms with Gasteiger partial charge >= 0.3 is 6.18 Å². The summed E-state index contributed by atoms with van der Waals surface area (Å²) in [7, 11) is 1.53. The van der Waals surface area contributed by atoms with Crippen LogP contribution in [0.15, 0.2) is 4.99 Å². The van der Waals surface area contributed by atoms with Crippen LogP contribution in [0.3, 0.4) is 0 Å². The van der Waals surface area contributed by atoms with E-state index in [1.54, 1.807) is 0 Å². The molecule has 1 aliphatic heterocycles. The Morgan fingerprint density at radius 3 is 2.79 bits per heavy atom. The molecule has 1 saturated heterocycles. The number of halogens is 3. The second kappa shape index (κ2) is 7.23. The SMILES string of the molecule is CCC1CN(C(=NC)NCC(O)C(F)(F)F)CCS1. The quantitative estimate of drug-likeness (QED) is 0.609. The first-order chi connectivity index (χ1) is 8.88. The van der Waals surface area contributed by atoms with Gasteiger partial charge in [0.2, 0.25) is 0 Å². The molecule has 112 valence electrons. The zero-order valence-corrected chi connectivity index (χ0v) is 11.9. The number of thioether (sulfide) groups is 1. The lowest BCUT2D eigenvalue weighted by atomic mass is 10.3. The maximum atomic E-state index is 12.2. The Balaban J connectivity index is 2.50. The first-order valence-corrected chi connectivity index (χ1v) is 7.25. The fourth-order valence-corrected chi connectivity index (χ4v) is 2.97. The Bertz CT molecular complexity index is 312. The molecule has 2 N–H and O–H groups in total. The third kappa shape index (κ3) is 5.10. The number of alkyl halides is 3. The minimum Gasteiger partial charge on any atom is -0.382 e.